The van der Waals surface area contributed by atoms with E-state index < -0.39 is 18.7 Å². The standard InChI is InChI=1S/C14H10F3NO4/c15-14(16,17)7-21-11-3-1-8(13(18)20)5-10(11)12-4-2-9(6-19)22-12/h1-6H,7H2,(H2,18,20). The Morgan fingerprint density at radius 3 is 2.55 bits per heavy atom. The van der Waals surface area contributed by atoms with Gasteiger partial charge in [0.05, 0.1) is 5.56 Å². The summed E-state index contributed by atoms with van der Waals surface area (Å²) in [6, 6.07) is 6.38. The predicted molar refractivity (Wildman–Crippen MR) is 69.6 cm³/mol. The Morgan fingerprint density at radius 2 is 2.00 bits per heavy atom. The van der Waals surface area contributed by atoms with Crippen LogP contribution in [0.25, 0.3) is 11.3 Å². The van der Waals surface area contributed by atoms with Gasteiger partial charge < -0.3 is 14.9 Å². The number of halogens is 3. The maximum atomic E-state index is 12.3. The highest BCUT2D eigenvalue weighted by Gasteiger charge is 2.29. The number of benzene rings is 1. The quantitative estimate of drug-likeness (QED) is 0.860. The Balaban J connectivity index is 2.43. The predicted octanol–water partition coefficient (Wildman–Crippen LogP) is 2.80. The highest BCUT2D eigenvalue weighted by atomic mass is 19.4. The van der Waals surface area contributed by atoms with E-state index in [0.29, 0.717) is 6.29 Å². The van der Waals surface area contributed by atoms with Crippen LogP contribution in [0.4, 0.5) is 13.2 Å². The molecule has 0 fully saturated rings. The van der Waals surface area contributed by atoms with Crippen molar-refractivity contribution in [1.29, 1.82) is 0 Å². The Bertz CT molecular complexity index is 706. The molecule has 0 unspecified atom stereocenters. The average molecular weight is 313 g/mol. The van der Waals surface area contributed by atoms with Crippen LogP contribution in [-0.2, 0) is 0 Å². The van der Waals surface area contributed by atoms with Crippen LogP contribution in [0.1, 0.15) is 20.9 Å². The van der Waals surface area contributed by atoms with Crippen molar-refractivity contribution in [3.63, 3.8) is 0 Å². The SMILES string of the molecule is NC(=O)c1ccc(OCC(F)(F)F)c(-c2ccc(C=O)o2)c1. The van der Waals surface area contributed by atoms with Crippen LogP contribution in [0.15, 0.2) is 34.7 Å². The van der Waals surface area contributed by atoms with E-state index in [1.165, 1.54) is 30.3 Å². The van der Waals surface area contributed by atoms with Gasteiger partial charge in [0.1, 0.15) is 11.5 Å². The third kappa shape index (κ3) is 3.66. The second-order valence-corrected chi connectivity index (χ2v) is 4.30. The summed E-state index contributed by atoms with van der Waals surface area (Å²) in [6.07, 6.45) is -4.07. The normalized spacial score (nSPS) is 11.2. The monoisotopic (exact) mass is 313 g/mol. The van der Waals surface area contributed by atoms with Gasteiger partial charge >= 0.3 is 6.18 Å². The lowest BCUT2D eigenvalue weighted by atomic mass is 10.1. The summed E-state index contributed by atoms with van der Waals surface area (Å²) < 4.78 is 46.7. The summed E-state index contributed by atoms with van der Waals surface area (Å²) in [5.41, 5.74) is 5.30. The molecular formula is C14H10F3NO4. The number of hydrogen-bond donors (Lipinski definition) is 1. The molecule has 2 rings (SSSR count). The fourth-order valence-corrected chi connectivity index (χ4v) is 1.72. The van der Waals surface area contributed by atoms with Crippen LogP contribution in [0.3, 0.4) is 0 Å². The van der Waals surface area contributed by atoms with Crippen LogP contribution < -0.4 is 10.5 Å². The Labute approximate surface area is 122 Å². The van der Waals surface area contributed by atoms with E-state index >= 15 is 0 Å². The number of aldehydes is 1. The van der Waals surface area contributed by atoms with Gasteiger partial charge in [-0.2, -0.15) is 13.2 Å². The van der Waals surface area contributed by atoms with E-state index in [4.69, 9.17) is 14.9 Å². The van der Waals surface area contributed by atoms with Crippen LogP contribution in [-0.4, -0.2) is 25.0 Å². The Hall–Kier alpha value is -2.77. The van der Waals surface area contributed by atoms with Gasteiger partial charge in [0.25, 0.3) is 0 Å². The molecule has 0 saturated heterocycles. The fourth-order valence-electron chi connectivity index (χ4n) is 1.72. The number of amides is 1. The largest absolute Gasteiger partial charge is 0.483 e. The van der Waals surface area contributed by atoms with Crippen molar-refractivity contribution in [3.05, 3.63) is 41.7 Å². The zero-order valence-electron chi connectivity index (χ0n) is 11.0. The molecule has 1 amide bonds. The van der Waals surface area contributed by atoms with Crippen molar-refractivity contribution < 1.29 is 31.9 Å². The maximum absolute atomic E-state index is 12.3. The first-order valence-corrected chi connectivity index (χ1v) is 5.99. The molecule has 0 spiro atoms. The molecule has 1 heterocycles. The molecule has 2 aromatic rings. The maximum Gasteiger partial charge on any atom is 0.422 e. The minimum absolute atomic E-state index is 0.0127. The van der Waals surface area contributed by atoms with Gasteiger partial charge in [0.2, 0.25) is 5.91 Å². The summed E-state index contributed by atoms with van der Waals surface area (Å²) in [5, 5.41) is 0. The summed E-state index contributed by atoms with van der Waals surface area (Å²) in [6.45, 7) is -1.50. The van der Waals surface area contributed by atoms with Gasteiger partial charge in [-0.15, -0.1) is 0 Å². The molecule has 0 aliphatic rings. The van der Waals surface area contributed by atoms with Crippen molar-refractivity contribution in [2.45, 2.75) is 6.18 Å². The minimum Gasteiger partial charge on any atom is -0.483 e. The first-order valence-electron chi connectivity index (χ1n) is 5.99. The number of rotatable bonds is 5. The van der Waals surface area contributed by atoms with Crippen LogP contribution >= 0.6 is 0 Å². The zero-order valence-corrected chi connectivity index (χ0v) is 11.0. The van der Waals surface area contributed by atoms with Gasteiger partial charge in [0, 0.05) is 5.56 Å². The van der Waals surface area contributed by atoms with E-state index in [1.807, 2.05) is 0 Å². The number of ether oxygens (including phenoxy) is 1. The van der Waals surface area contributed by atoms with E-state index in [0.717, 1.165) is 0 Å². The molecular weight excluding hydrogens is 303 g/mol. The van der Waals surface area contributed by atoms with E-state index in [1.54, 1.807) is 0 Å². The molecule has 0 aliphatic heterocycles. The average Bonchev–Trinajstić information content (AvgIpc) is 2.92. The number of nitrogens with two attached hydrogens (primary N) is 1. The van der Waals surface area contributed by atoms with Gasteiger partial charge in [-0.1, -0.05) is 0 Å². The second kappa shape index (κ2) is 5.92. The number of furan rings is 1. The van der Waals surface area contributed by atoms with Gasteiger partial charge in [0.15, 0.2) is 18.7 Å². The highest BCUT2D eigenvalue weighted by Crippen LogP contribution is 2.33. The number of primary amides is 1. The molecule has 0 radical (unpaired) electrons. The molecule has 0 bridgehead atoms. The third-order valence-electron chi connectivity index (χ3n) is 2.66. The molecule has 0 atom stereocenters. The highest BCUT2D eigenvalue weighted by molar-refractivity contribution is 5.94. The molecule has 2 N–H and O–H groups in total. The lowest BCUT2D eigenvalue weighted by Crippen LogP contribution is -2.19. The van der Waals surface area contributed by atoms with E-state index in [9.17, 15) is 22.8 Å². The Morgan fingerprint density at radius 1 is 1.27 bits per heavy atom. The van der Waals surface area contributed by atoms with Gasteiger partial charge in [-0.25, -0.2) is 0 Å². The first kappa shape index (κ1) is 15.6. The van der Waals surface area contributed by atoms with Crippen molar-refractivity contribution in [2.75, 3.05) is 6.61 Å². The summed E-state index contributed by atoms with van der Waals surface area (Å²) >= 11 is 0. The minimum atomic E-state index is -4.52. The van der Waals surface area contributed by atoms with Crippen molar-refractivity contribution in [1.82, 2.24) is 0 Å². The van der Waals surface area contributed by atoms with Crippen LogP contribution in [0.2, 0.25) is 0 Å². The van der Waals surface area contributed by atoms with Gasteiger partial charge in [-0.05, 0) is 30.3 Å². The fraction of sp³-hybridized carbons (Fsp3) is 0.143. The number of hydrogen-bond acceptors (Lipinski definition) is 4. The van der Waals surface area contributed by atoms with E-state index in [-0.39, 0.29) is 28.4 Å². The topological polar surface area (TPSA) is 82.5 Å². The third-order valence-corrected chi connectivity index (χ3v) is 2.66. The number of carbonyl (C=O) groups is 2. The summed E-state index contributed by atoms with van der Waals surface area (Å²) in [4.78, 5) is 21.8. The second-order valence-electron chi connectivity index (χ2n) is 4.30. The lowest BCUT2D eigenvalue weighted by Gasteiger charge is -2.12. The molecule has 0 aliphatic carbocycles. The molecule has 0 saturated carbocycles. The molecule has 1 aromatic carbocycles. The smallest absolute Gasteiger partial charge is 0.422 e. The molecule has 5 nitrogen and oxygen atoms in total. The summed E-state index contributed by atoms with van der Waals surface area (Å²) in [7, 11) is 0. The molecule has 1 aromatic heterocycles. The molecule has 8 heteroatoms. The lowest BCUT2D eigenvalue weighted by molar-refractivity contribution is -0.153. The van der Waals surface area contributed by atoms with Crippen LogP contribution in [0.5, 0.6) is 5.75 Å². The molecule has 22 heavy (non-hydrogen) atoms. The van der Waals surface area contributed by atoms with Crippen LogP contribution in [0, 0.1) is 0 Å². The van der Waals surface area contributed by atoms with Crippen molar-refractivity contribution in [3.8, 4) is 17.1 Å². The zero-order chi connectivity index (χ0) is 16.3. The number of carbonyl (C=O) groups excluding carboxylic acids is 2. The van der Waals surface area contributed by atoms with E-state index in [2.05, 4.69) is 0 Å². The van der Waals surface area contributed by atoms with Crippen molar-refractivity contribution in [2.24, 2.45) is 5.73 Å². The number of alkyl halides is 3. The Kier molecular flexibility index (Phi) is 4.20. The van der Waals surface area contributed by atoms with Gasteiger partial charge in [-0.3, -0.25) is 9.59 Å². The summed E-state index contributed by atoms with van der Waals surface area (Å²) in [5.74, 6) is -0.830. The molecule has 116 valence electrons. The van der Waals surface area contributed by atoms with Crippen molar-refractivity contribution >= 4 is 12.2 Å². The first-order chi connectivity index (χ1) is 10.3.